The average Bonchev–Trinajstić information content (AvgIpc) is 2.49. The van der Waals surface area contributed by atoms with Gasteiger partial charge in [-0.2, -0.15) is 0 Å². The smallest absolute Gasteiger partial charge is 0.411 e. The SMILES string of the molecule is C=CCN(C(=O)OC(C)(C)C)[C@@H](COCc1ccccc1)C(=O)O. The standard InChI is InChI=1S/C18H25NO5/c1-5-11-19(17(22)24-18(2,3)4)15(16(20)21)13-23-12-14-9-7-6-8-10-14/h5-10,15H,1,11-13H2,2-4H3,(H,20,21)/t15-/m0/s1. The molecular formula is C18H25NO5. The van der Waals surface area contributed by atoms with Crippen LogP contribution in [0, 0.1) is 0 Å². The van der Waals surface area contributed by atoms with Gasteiger partial charge >= 0.3 is 12.1 Å². The van der Waals surface area contributed by atoms with Gasteiger partial charge in [-0.3, -0.25) is 4.90 Å². The molecule has 1 rings (SSSR count). The van der Waals surface area contributed by atoms with E-state index in [1.54, 1.807) is 20.8 Å². The number of nitrogens with zero attached hydrogens (tertiary/aromatic N) is 1. The Kier molecular flexibility index (Phi) is 7.45. The Morgan fingerprint density at radius 1 is 1.29 bits per heavy atom. The fourth-order valence-electron chi connectivity index (χ4n) is 1.95. The number of ether oxygens (including phenoxy) is 2. The molecule has 1 N–H and O–H groups in total. The number of hydrogen-bond acceptors (Lipinski definition) is 4. The van der Waals surface area contributed by atoms with Crippen LogP contribution in [-0.2, 0) is 20.9 Å². The Morgan fingerprint density at radius 2 is 1.92 bits per heavy atom. The zero-order valence-electron chi connectivity index (χ0n) is 14.4. The molecule has 0 saturated heterocycles. The molecule has 0 unspecified atom stereocenters. The molecule has 0 aliphatic carbocycles. The molecule has 0 bridgehead atoms. The summed E-state index contributed by atoms with van der Waals surface area (Å²) < 4.78 is 10.8. The Labute approximate surface area is 142 Å². The predicted octanol–water partition coefficient (Wildman–Crippen LogP) is 3.08. The van der Waals surface area contributed by atoms with Gasteiger partial charge in [0.1, 0.15) is 5.60 Å². The molecule has 1 amide bonds. The highest BCUT2D eigenvalue weighted by Gasteiger charge is 2.32. The Balaban J connectivity index is 2.75. The monoisotopic (exact) mass is 335 g/mol. The number of aliphatic carboxylic acids is 1. The summed E-state index contributed by atoms with van der Waals surface area (Å²) >= 11 is 0. The molecular weight excluding hydrogens is 310 g/mol. The van der Waals surface area contributed by atoms with E-state index < -0.39 is 23.7 Å². The molecule has 0 aliphatic heterocycles. The second-order valence-electron chi connectivity index (χ2n) is 6.28. The van der Waals surface area contributed by atoms with Crippen LogP contribution in [0.2, 0.25) is 0 Å². The predicted molar refractivity (Wildman–Crippen MR) is 90.7 cm³/mol. The van der Waals surface area contributed by atoms with Crippen molar-refractivity contribution in [3.8, 4) is 0 Å². The molecule has 0 aromatic heterocycles. The maximum absolute atomic E-state index is 12.3. The minimum atomic E-state index is -1.16. The maximum Gasteiger partial charge on any atom is 0.411 e. The quantitative estimate of drug-likeness (QED) is 0.739. The van der Waals surface area contributed by atoms with Crippen LogP contribution in [0.4, 0.5) is 4.79 Å². The highest BCUT2D eigenvalue weighted by atomic mass is 16.6. The Morgan fingerprint density at radius 3 is 2.42 bits per heavy atom. The fraction of sp³-hybridized carbons (Fsp3) is 0.444. The second-order valence-corrected chi connectivity index (χ2v) is 6.28. The van der Waals surface area contributed by atoms with Crippen LogP contribution in [0.1, 0.15) is 26.3 Å². The van der Waals surface area contributed by atoms with Crippen LogP contribution in [-0.4, -0.2) is 46.9 Å². The number of hydrogen-bond donors (Lipinski definition) is 1. The van der Waals surface area contributed by atoms with Gasteiger partial charge in [0.25, 0.3) is 0 Å². The van der Waals surface area contributed by atoms with E-state index in [1.807, 2.05) is 30.3 Å². The topological polar surface area (TPSA) is 76.1 Å². The van der Waals surface area contributed by atoms with Crippen molar-refractivity contribution in [1.29, 1.82) is 0 Å². The largest absolute Gasteiger partial charge is 0.480 e. The number of carbonyl (C=O) groups is 2. The van der Waals surface area contributed by atoms with Gasteiger partial charge in [0.05, 0.1) is 13.2 Å². The number of carboxylic acids is 1. The van der Waals surface area contributed by atoms with Crippen LogP contribution in [0.3, 0.4) is 0 Å². The molecule has 0 heterocycles. The first-order valence-corrected chi connectivity index (χ1v) is 7.69. The molecule has 6 heteroatoms. The van der Waals surface area contributed by atoms with Crippen molar-refractivity contribution in [3.63, 3.8) is 0 Å². The summed E-state index contributed by atoms with van der Waals surface area (Å²) in [6.45, 7) is 8.91. The van der Waals surface area contributed by atoms with Gasteiger partial charge in [-0.05, 0) is 26.3 Å². The van der Waals surface area contributed by atoms with Crippen LogP contribution in [0.5, 0.6) is 0 Å². The zero-order valence-corrected chi connectivity index (χ0v) is 14.4. The Bertz CT molecular complexity index is 550. The minimum absolute atomic E-state index is 0.0561. The van der Waals surface area contributed by atoms with E-state index in [9.17, 15) is 14.7 Å². The summed E-state index contributed by atoms with van der Waals surface area (Å²) in [4.78, 5) is 24.9. The lowest BCUT2D eigenvalue weighted by atomic mass is 10.2. The number of rotatable bonds is 8. The van der Waals surface area contributed by atoms with Crippen molar-refractivity contribution < 1.29 is 24.2 Å². The minimum Gasteiger partial charge on any atom is -0.480 e. The molecule has 132 valence electrons. The third kappa shape index (κ3) is 6.83. The van der Waals surface area contributed by atoms with Crippen LogP contribution < -0.4 is 0 Å². The molecule has 1 aromatic rings. The summed E-state index contributed by atoms with van der Waals surface area (Å²) in [7, 11) is 0. The van der Waals surface area contributed by atoms with E-state index in [-0.39, 0.29) is 19.8 Å². The van der Waals surface area contributed by atoms with E-state index in [0.717, 1.165) is 10.5 Å². The third-order valence-corrected chi connectivity index (χ3v) is 3.00. The first kappa shape index (κ1) is 19.7. The van der Waals surface area contributed by atoms with Gasteiger partial charge in [0.15, 0.2) is 6.04 Å². The van der Waals surface area contributed by atoms with Gasteiger partial charge in [-0.25, -0.2) is 9.59 Å². The van der Waals surface area contributed by atoms with Crippen molar-refractivity contribution in [1.82, 2.24) is 4.90 Å². The van der Waals surface area contributed by atoms with Crippen molar-refractivity contribution >= 4 is 12.1 Å². The summed E-state index contributed by atoms with van der Waals surface area (Å²) in [5, 5.41) is 9.45. The molecule has 0 saturated carbocycles. The van der Waals surface area contributed by atoms with E-state index in [0.29, 0.717) is 0 Å². The van der Waals surface area contributed by atoms with Crippen LogP contribution >= 0.6 is 0 Å². The van der Waals surface area contributed by atoms with Gasteiger partial charge in [-0.1, -0.05) is 36.4 Å². The second kappa shape index (κ2) is 9.08. The van der Waals surface area contributed by atoms with Crippen molar-refractivity contribution in [3.05, 3.63) is 48.6 Å². The van der Waals surface area contributed by atoms with Gasteiger partial charge in [-0.15, -0.1) is 6.58 Å². The van der Waals surface area contributed by atoms with Crippen molar-refractivity contribution in [2.24, 2.45) is 0 Å². The van der Waals surface area contributed by atoms with Crippen LogP contribution in [0.25, 0.3) is 0 Å². The van der Waals surface area contributed by atoms with Gasteiger partial charge in [0, 0.05) is 6.54 Å². The van der Waals surface area contributed by atoms with Gasteiger partial charge < -0.3 is 14.6 Å². The van der Waals surface area contributed by atoms with E-state index >= 15 is 0 Å². The highest BCUT2D eigenvalue weighted by Crippen LogP contribution is 2.13. The first-order chi connectivity index (χ1) is 11.2. The third-order valence-electron chi connectivity index (χ3n) is 3.00. The molecule has 1 atom stereocenters. The lowest BCUT2D eigenvalue weighted by Gasteiger charge is -2.30. The number of benzene rings is 1. The lowest BCUT2D eigenvalue weighted by Crippen LogP contribution is -2.49. The molecule has 24 heavy (non-hydrogen) atoms. The average molecular weight is 335 g/mol. The summed E-state index contributed by atoms with van der Waals surface area (Å²) in [5.41, 5.74) is 0.207. The fourth-order valence-corrected chi connectivity index (χ4v) is 1.95. The van der Waals surface area contributed by atoms with Gasteiger partial charge in [0.2, 0.25) is 0 Å². The molecule has 0 radical (unpaired) electrons. The molecule has 0 fully saturated rings. The summed E-state index contributed by atoms with van der Waals surface area (Å²) in [5.74, 6) is -1.16. The first-order valence-electron chi connectivity index (χ1n) is 7.69. The zero-order chi connectivity index (χ0) is 18.2. The molecule has 0 aliphatic rings. The number of carbonyl (C=O) groups excluding carboxylic acids is 1. The van der Waals surface area contributed by atoms with E-state index in [4.69, 9.17) is 9.47 Å². The van der Waals surface area contributed by atoms with Crippen molar-refractivity contribution in [2.75, 3.05) is 13.2 Å². The molecule has 6 nitrogen and oxygen atoms in total. The number of carboxylic acid groups (broad SMARTS) is 1. The summed E-state index contributed by atoms with van der Waals surface area (Å²) in [6.07, 6.45) is 0.745. The highest BCUT2D eigenvalue weighted by molar-refractivity contribution is 5.80. The van der Waals surface area contributed by atoms with E-state index in [2.05, 4.69) is 6.58 Å². The molecule has 0 spiro atoms. The van der Waals surface area contributed by atoms with Crippen molar-refractivity contribution in [2.45, 2.75) is 39.0 Å². The summed E-state index contributed by atoms with van der Waals surface area (Å²) in [6, 6.07) is 8.24. The normalized spacial score (nSPS) is 12.3. The van der Waals surface area contributed by atoms with Crippen LogP contribution in [0.15, 0.2) is 43.0 Å². The Hall–Kier alpha value is -2.34. The number of amides is 1. The van der Waals surface area contributed by atoms with E-state index in [1.165, 1.54) is 6.08 Å². The maximum atomic E-state index is 12.3. The molecule has 1 aromatic carbocycles. The lowest BCUT2D eigenvalue weighted by molar-refractivity contribution is -0.145.